The van der Waals surface area contributed by atoms with E-state index in [4.69, 9.17) is 9.97 Å². The maximum absolute atomic E-state index is 12.8. The number of carbonyl (C=O) groups is 3. The molecule has 0 fully saturated rings. The number of hydrogen-bond acceptors (Lipinski definition) is 5. The van der Waals surface area contributed by atoms with Gasteiger partial charge in [0.25, 0.3) is 0 Å². The van der Waals surface area contributed by atoms with Crippen LogP contribution in [0.4, 0.5) is 0 Å². The molecular formula is C34H36N4O6. The molecule has 2 aliphatic heterocycles. The molecular weight excluding hydrogens is 560 g/mol. The van der Waals surface area contributed by atoms with Gasteiger partial charge in [-0.05, 0) is 74.1 Å². The van der Waals surface area contributed by atoms with E-state index in [0.717, 1.165) is 44.3 Å². The van der Waals surface area contributed by atoms with Gasteiger partial charge in [0.15, 0.2) is 0 Å². The van der Waals surface area contributed by atoms with Crippen molar-refractivity contribution in [2.75, 3.05) is 0 Å². The van der Waals surface area contributed by atoms with E-state index in [-0.39, 0.29) is 41.2 Å². The van der Waals surface area contributed by atoms with Gasteiger partial charge in [-0.25, -0.2) is 9.78 Å². The Kier molecular flexibility index (Phi) is 8.03. The van der Waals surface area contributed by atoms with Crippen LogP contribution in [0.2, 0.25) is 0 Å². The number of rotatable bonds is 8. The summed E-state index contributed by atoms with van der Waals surface area (Å²) in [6.07, 6.45) is 1.62. The van der Waals surface area contributed by atoms with Crippen LogP contribution >= 0.6 is 0 Å². The number of aromatic nitrogens is 4. The van der Waals surface area contributed by atoms with Crippen LogP contribution in [0.3, 0.4) is 0 Å². The van der Waals surface area contributed by atoms with Crippen LogP contribution < -0.4 is 0 Å². The lowest BCUT2D eigenvalue weighted by atomic mass is 9.84. The molecule has 44 heavy (non-hydrogen) atoms. The first kappa shape index (κ1) is 30.5. The summed E-state index contributed by atoms with van der Waals surface area (Å²) in [7, 11) is 0. The molecule has 228 valence electrons. The minimum absolute atomic E-state index is 0.00275. The standard InChI is InChI=1S/C34H36N4O6/c1-7-19-17(5)25-12-23-15(3)16(4)24(35-23)13-26-18(6)21(9-10-29(39)40)32(37-26)22(11-30(41)42)33-31(34(43)44)20(8-2)28(38-33)14-27(19)36-25/h8,12-14,18,21,35-36H,2,7,9-11H2,1,3-6H3,(H,39,40)(H,41,42)(H,43,44)/t18-,21-/m0/s1. The SMILES string of the molecule is C=CC1=C(C(=O)O)c2nc1cc1[nH]c(cc3[nH]c(cc4nc(c2CC(=O)O)[C@@H](CCC(=O)O)[C@@H]4C)c(C)c3C)c(C)c1CC. The van der Waals surface area contributed by atoms with Crippen molar-refractivity contribution < 1.29 is 29.7 Å². The summed E-state index contributed by atoms with van der Waals surface area (Å²) in [5.41, 5.74) is 9.20. The highest BCUT2D eigenvalue weighted by Gasteiger charge is 2.35. The zero-order valence-electron chi connectivity index (χ0n) is 25.5. The van der Waals surface area contributed by atoms with Crippen molar-refractivity contribution in [2.45, 2.75) is 72.1 Å². The molecule has 0 saturated heterocycles. The van der Waals surface area contributed by atoms with Crippen LogP contribution in [0.15, 0.2) is 30.9 Å². The molecule has 2 atom stereocenters. The van der Waals surface area contributed by atoms with Crippen molar-refractivity contribution in [3.63, 3.8) is 0 Å². The number of nitrogens with zero attached hydrogens (tertiary/aromatic N) is 2. The van der Waals surface area contributed by atoms with Crippen LogP contribution in [0.25, 0.3) is 33.2 Å². The number of nitrogens with one attached hydrogen (secondary N) is 2. The van der Waals surface area contributed by atoms with Crippen LogP contribution in [-0.4, -0.2) is 53.2 Å². The Labute approximate surface area is 254 Å². The summed E-state index contributed by atoms with van der Waals surface area (Å²) in [4.78, 5) is 53.4. The Bertz CT molecular complexity index is 1940. The van der Waals surface area contributed by atoms with Crippen molar-refractivity contribution in [3.05, 3.63) is 81.4 Å². The number of H-pyrrole nitrogens is 2. The number of aryl methyl sites for hydroxylation is 4. The highest BCUT2D eigenvalue weighted by atomic mass is 16.4. The molecule has 5 rings (SSSR count). The second kappa shape index (κ2) is 11.6. The summed E-state index contributed by atoms with van der Waals surface area (Å²) in [5.74, 6) is -4.18. The van der Waals surface area contributed by atoms with E-state index in [1.54, 1.807) is 6.07 Å². The molecule has 0 radical (unpaired) electrons. The number of carboxylic acid groups (broad SMARTS) is 3. The van der Waals surface area contributed by atoms with Crippen molar-refractivity contribution in [1.82, 2.24) is 19.9 Å². The van der Waals surface area contributed by atoms with Gasteiger partial charge in [0.1, 0.15) is 0 Å². The molecule has 5 N–H and O–H groups in total. The number of hydrogen-bond donors (Lipinski definition) is 5. The van der Waals surface area contributed by atoms with Crippen molar-refractivity contribution in [2.24, 2.45) is 0 Å². The second-order valence-corrected chi connectivity index (χ2v) is 11.5. The van der Waals surface area contributed by atoms with E-state index in [0.29, 0.717) is 23.5 Å². The van der Waals surface area contributed by atoms with Crippen LogP contribution in [0.5, 0.6) is 0 Å². The van der Waals surface area contributed by atoms with Gasteiger partial charge < -0.3 is 25.3 Å². The third kappa shape index (κ3) is 5.21. The maximum Gasteiger partial charge on any atom is 0.338 e. The first-order valence-electron chi connectivity index (χ1n) is 14.6. The van der Waals surface area contributed by atoms with Crippen LogP contribution in [0.1, 0.15) is 89.1 Å². The van der Waals surface area contributed by atoms with Crippen LogP contribution in [0, 0.1) is 20.8 Å². The zero-order valence-corrected chi connectivity index (χ0v) is 25.5. The van der Waals surface area contributed by atoms with Gasteiger partial charge in [-0.1, -0.05) is 26.5 Å². The average molecular weight is 597 g/mol. The first-order chi connectivity index (χ1) is 20.9. The fraction of sp³-hybridized carbons (Fsp3) is 0.324. The van der Waals surface area contributed by atoms with Gasteiger partial charge in [-0.3, -0.25) is 14.6 Å². The highest BCUT2D eigenvalue weighted by molar-refractivity contribution is 6.26. The number of aliphatic carboxylic acids is 3. The minimum Gasteiger partial charge on any atom is -0.481 e. The lowest BCUT2D eigenvalue weighted by Gasteiger charge is -2.17. The zero-order chi connectivity index (χ0) is 32.0. The van der Waals surface area contributed by atoms with Gasteiger partial charge in [-0.15, -0.1) is 0 Å². The van der Waals surface area contributed by atoms with Crippen molar-refractivity contribution in [1.29, 1.82) is 0 Å². The van der Waals surface area contributed by atoms with Crippen molar-refractivity contribution >= 4 is 51.1 Å². The van der Waals surface area contributed by atoms with Gasteiger partial charge in [-0.2, -0.15) is 0 Å². The quantitative estimate of drug-likeness (QED) is 0.200. The largest absolute Gasteiger partial charge is 0.481 e. The Morgan fingerprint density at radius 1 is 0.886 bits per heavy atom. The Morgan fingerprint density at radius 2 is 1.52 bits per heavy atom. The molecule has 0 aliphatic carbocycles. The summed E-state index contributed by atoms with van der Waals surface area (Å²) in [6, 6.07) is 5.76. The summed E-state index contributed by atoms with van der Waals surface area (Å²) in [5, 5.41) is 30.0. The molecule has 0 spiro atoms. The molecule has 5 heterocycles. The molecule has 0 saturated carbocycles. The molecule has 10 nitrogen and oxygen atoms in total. The van der Waals surface area contributed by atoms with E-state index in [1.807, 2.05) is 40.7 Å². The molecule has 2 aliphatic rings. The summed E-state index contributed by atoms with van der Waals surface area (Å²) in [6.45, 7) is 13.9. The maximum atomic E-state index is 12.8. The first-order valence-corrected chi connectivity index (χ1v) is 14.6. The Balaban J connectivity index is 2.05. The third-order valence-corrected chi connectivity index (χ3v) is 9.00. The van der Waals surface area contributed by atoms with Gasteiger partial charge in [0.2, 0.25) is 0 Å². The fourth-order valence-corrected chi connectivity index (χ4v) is 6.43. The average Bonchev–Trinajstić information content (AvgIpc) is 3.65. The van der Waals surface area contributed by atoms with E-state index in [1.165, 1.54) is 6.08 Å². The molecule has 0 amide bonds. The normalized spacial score (nSPS) is 16.3. The van der Waals surface area contributed by atoms with E-state index < -0.39 is 30.2 Å². The number of allylic oxidation sites excluding steroid dienone is 2. The van der Waals surface area contributed by atoms with E-state index in [9.17, 15) is 29.7 Å². The van der Waals surface area contributed by atoms with Gasteiger partial charge in [0.05, 0.1) is 29.1 Å². The highest BCUT2D eigenvalue weighted by Crippen LogP contribution is 2.43. The second-order valence-electron chi connectivity index (χ2n) is 11.5. The fourth-order valence-electron chi connectivity index (χ4n) is 6.43. The summed E-state index contributed by atoms with van der Waals surface area (Å²) >= 11 is 0. The molecule has 3 aromatic heterocycles. The van der Waals surface area contributed by atoms with Gasteiger partial charge >= 0.3 is 17.9 Å². The lowest BCUT2D eigenvalue weighted by molar-refractivity contribution is -0.138. The Morgan fingerprint density at radius 3 is 2.11 bits per heavy atom. The molecule has 8 bridgehead atoms. The van der Waals surface area contributed by atoms with Gasteiger partial charge in [0, 0.05) is 57.2 Å². The molecule has 0 aromatic carbocycles. The molecule has 0 unspecified atom stereocenters. The van der Waals surface area contributed by atoms with Crippen molar-refractivity contribution in [3.8, 4) is 0 Å². The predicted octanol–water partition coefficient (Wildman–Crippen LogP) is 6.36. The monoisotopic (exact) mass is 596 g/mol. The van der Waals surface area contributed by atoms with E-state index >= 15 is 0 Å². The lowest BCUT2D eigenvalue weighted by Crippen LogP contribution is -2.13. The smallest absolute Gasteiger partial charge is 0.338 e. The van der Waals surface area contributed by atoms with Crippen LogP contribution in [-0.2, 0) is 27.2 Å². The predicted molar refractivity (Wildman–Crippen MR) is 169 cm³/mol. The summed E-state index contributed by atoms with van der Waals surface area (Å²) < 4.78 is 0. The third-order valence-electron chi connectivity index (χ3n) is 9.00. The molecule has 3 aromatic rings. The number of carboxylic acids is 3. The topological polar surface area (TPSA) is 169 Å². The molecule has 10 heteroatoms. The van der Waals surface area contributed by atoms with E-state index in [2.05, 4.69) is 22.6 Å². The minimum atomic E-state index is -1.27. The number of aromatic amines is 2. The Hall–Kier alpha value is -4.99. The number of fused-ring (bicyclic) bond motifs is 8.